The first-order valence-corrected chi connectivity index (χ1v) is 5.58. The Bertz CT molecular complexity index is 572. The molecule has 0 saturated carbocycles. The van der Waals surface area contributed by atoms with Crippen LogP contribution in [0.4, 0.5) is 10.2 Å². The number of halogens is 1. The number of nitriles is 1. The fourth-order valence-corrected chi connectivity index (χ4v) is 1.65. The van der Waals surface area contributed by atoms with E-state index < -0.39 is 0 Å². The molecule has 1 aromatic heterocycles. The molecule has 0 bridgehead atoms. The maximum atomic E-state index is 12.8. The predicted octanol–water partition coefficient (Wildman–Crippen LogP) is 3.27. The number of rotatable bonds is 3. The number of nitrogens with one attached hydrogen (secondary N) is 1. The summed E-state index contributed by atoms with van der Waals surface area (Å²) < 4.78 is 12.8. The second-order valence-corrected chi connectivity index (χ2v) is 3.93. The summed E-state index contributed by atoms with van der Waals surface area (Å²) >= 11 is 0. The number of anilines is 1. The molecule has 1 atom stereocenters. The fourth-order valence-electron chi connectivity index (χ4n) is 1.65. The third-order valence-corrected chi connectivity index (χ3v) is 2.65. The highest BCUT2D eigenvalue weighted by molar-refractivity contribution is 5.52. The van der Waals surface area contributed by atoms with Crippen molar-refractivity contribution in [2.24, 2.45) is 0 Å². The van der Waals surface area contributed by atoms with E-state index in [1.54, 1.807) is 30.5 Å². The molecule has 0 amide bonds. The molecule has 1 aromatic carbocycles. The van der Waals surface area contributed by atoms with Crippen LogP contribution < -0.4 is 5.32 Å². The Balaban J connectivity index is 2.19. The minimum atomic E-state index is -0.262. The average molecular weight is 241 g/mol. The number of benzene rings is 1. The lowest BCUT2D eigenvalue weighted by atomic mass is 10.1. The monoisotopic (exact) mass is 241 g/mol. The molecule has 2 aromatic rings. The Morgan fingerprint density at radius 3 is 2.67 bits per heavy atom. The van der Waals surface area contributed by atoms with Gasteiger partial charge in [0, 0.05) is 12.2 Å². The summed E-state index contributed by atoms with van der Waals surface area (Å²) in [5.74, 6) is 0.276. The van der Waals surface area contributed by atoms with Crippen molar-refractivity contribution < 1.29 is 4.39 Å². The fraction of sp³-hybridized carbons (Fsp3) is 0.143. The van der Waals surface area contributed by atoms with Gasteiger partial charge in [0.1, 0.15) is 17.7 Å². The summed E-state index contributed by atoms with van der Waals surface area (Å²) in [7, 11) is 0. The molecule has 0 spiro atoms. The summed E-state index contributed by atoms with van der Waals surface area (Å²) in [5, 5.41) is 12.1. The highest BCUT2D eigenvalue weighted by Gasteiger charge is 2.08. The van der Waals surface area contributed by atoms with Crippen LogP contribution in [0.3, 0.4) is 0 Å². The zero-order valence-corrected chi connectivity index (χ0v) is 9.89. The van der Waals surface area contributed by atoms with Gasteiger partial charge in [0.25, 0.3) is 0 Å². The van der Waals surface area contributed by atoms with E-state index in [1.165, 1.54) is 12.1 Å². The standard InChI is InChI=1S/C14H12FN3/c1-10(11-4-6-13(15)7-5-11)18-14-12(9-16)3-2-8-17-14/h2-8,10H,1H3,(H,17,18)/t10-/m1/s1. The van der Waals surface area contributed by atoms with Gasteiger partial charge >= 0.3 is 0 Å². The Hall–Kier alpha value is -2.41. The topological polar surface area (TPSA) is 48.7 Å². The maximum absolute atomic E-state index is 12.8. The molecule has 0 saturated heterocycles. The zero-order valence-electron chi connectivity index (χ0n) is 9.89. The van der Waals surface area contributed by atoms with E-state index in [0.717, 1.165) is 5.56 Å². The molecule has 0 aliphatic rings. The van der Waals surface area contributed by atoms with Crippen molar-refractivity contribution in [3.63, 3.8) is 0 Å². The molecule has 1 heterocycles. The maximum Gasteiger partial charge on any atom is 0.144 e. The van der Waals surface area contributed by atoms with Gasteiger partial charge in [-0.2, -0.15) is 5.26 Å². The van der Waals surface area contributed by atoms with Crippen LogP contribution in [0.25, 0.3) is 0 Å². The van der Waals surface area contributed by atoms with Crippen LogP contribution in [0.1, 0.15) is 24.1 Å². The van der Waals surface area contributed by atoms with Crippen molar-refractivity contribution in [1.29, 1.82) is 5.26 Å². The lowest BCUT2D eigenvalue weighted by Gasteiger charge is -2.15. The number of hydrogen-bond acceptors (Lipinski definition) is 3. The molecule has 0 radical (unpaired) electrons. The van der Waals surface area contributed by atoms with Crippen LogP contribution in [-0.2, 0) is 0 Å². The van der Waals surface area contributed by atoms with E-state index >= 15 is 0 Å². The van der Waals surface area contributed by atoms with Gasteiger partial charge in [-0.25, -0.2) is 9.37 Å². The second kappa shape index (κ2) is 5.28. The summed E-state index contributed by atoms with van der Waals surface area (Å²) in [6.07, 6.45) is 1.63. The van der Waals surface area contributed by atoms with Crippen molar-refractivity contribution in [2.45, 2.75) is 13.0 Å². The Labute approximate surface area is 105 Å². The molecule has 0 unspecified atom stereocenters. The van der Waals surface area contributed by atoms with Gasteiger partial charge in [0.15, 0.2) is 0 Å². The minimum absolute atomic E-state index is 0.0485. The van der Waals surface area contributed by atoms with Gasteiger partial charge < -0.3 is 5.32 Å². The molecule has 4 heteroatoms. The van der Waals surface area contributed by atoms with Crippen molar-refractivity contribution in [1.82, 2.24) is 4.98 Å². The Morgan fingerprint density at radius 2 is 2.00 bits per heavy atom. The molecular weight excluding hydrogens is 229 g/mol. The van der Waals surface area contributed by atoms with Crippen LogP contribution >= 0.6 is 0 Å². The van der Waals surface area contributed by atoms with Crippen LogP contribution in [0.5, 0.6) is 0 Å². The first-order valence-electron chi connectivity index (χ1n) is 5.58. The van der Waals surface area contributed by atoms with E-state index in [0.29, 0.717) is 11.4 Å². The Morgan fingerprint density at radius 1 is 1.28 bits per heavy atom. The predicted molar refractivity (Wildman–Crippen MR) is 67.4 cm³/mol. The quantitative estimate of drug-likeness (QED) is 0.897. The van der Waals surface area contributed by atoms with Crippen LogP contribution in [0, 0.1) is 17.1 Å². The summed E-state index contributed by atoms with van der Waals surface area (Å²) in [6, 6.07) is 11.7. The van der Waals surface area contributed by atoms with Crippen LogP contribution in [0.2, 0.25) is 0 Å². The first-order chi connectivity index (χ1) is 8.70. The van der Waals surface area contributed by atoms with E-state index in [-0.39, 0.29) is 11.9 Å². The van der Waals surface area contributed by atoms with E-state index in [9.17, 15) is 4.39 Å². The lowest BCUT2D eigenvalue weighted by Crippen LogP contribution is -2.09. The highest BCUT2D eigenvalue weighted by atomic mass is 19.1. The third kappa shape index (κ3) is 2.64. The van der Waals surface area contributed by atoms with E-state index in [4.69, 9.17) is 5.26 Å². The summed E-state index contributed by atoms with van der Waals surface area (Å²) in [5.41, 5.74) is 1.43. The SMILES string of the molecule is C[C@@H](Nc1ncccc1C#N)c1ccc(F)cc1. The molecule has 0 aliphatic carbocycles. The van der Waals surface area contributed by atoms with Gasteiger partial charge in [-0.15, -0.1) is 0 Å². The molecule has 18 heavy (non-hydrogen) atoms. The molecular formula is C14H12FN3. The van der Waals surface area contributed by atoms with Crippen molar-refractivity contribution >= 4 is 5.82 Å². The average Bonchev–Trinajstić information content (AvgIpc) is 2.40. The lowest BCUT2D eigenvalue weighted by molar-refractivity contribution is 0.626. The smallest absolute Gasteiger partial charge is 0.144 e. The van der Waals surface area contributed by atoms with Gasteiger partial charge in [0.05, 0.1) is 5.56 Å². The largest absolute Gasteiger partial charge is 0.362 e. The number of aromatic nitrogens is 1. The van der Waals surface area contributed by atoms with Gasteiger partial charge in [-0.05, 0) is 36.8 Å². The second-order valence-electron chi connectivity index (χ2n) is 3.93. The molecule has 3 nitrogen and oxygen atoms in total. The van der Waals surface area contributed by atoms with Gasteiger partial charge in [-0.1, -0.05) is 12.1 Å². The Kier molecular flexibility index (Phi) is 3.54. The summed E-state index contributed by atoms with van der Waals surface area (Å²) in [6.45, 7) is 1.93. The molecule has 0 aliphatic heterocycles. The normalized spacial score (nSPS) is 11.6. The van der Waals surface area contributed by atoms with Gasteiger partial charge in [0.2, 0.25) is 0 Å². The zero-order chi connectivity index (χ0) is 13.0. The molecule has 90 valence electrons. The number of hydrogen-bond donors (Lipinski definition) is 1. The number of pyridine rings is 1. The first kappa shape index (κ1) is 12.1. The summed E-state index contributed by atoms with van der Waals surface area (Å²) in [4.78, 5) is 4.12. The van der Waals surface area contributed by atoms with Gasteiger partial charge in [-0.3, -0.25) is 0 Å². The minimum Gasteiger partial charge on any atom is -0.362 e. The van der Waals surface area contributed by atoms with Crippen molar-refractivity contribution in [2.75, 3.05) is 5.32 Å². The highest BCUT2D eigenvalue weighted by Crippen LogP contribution is 2.20. The van der Waals surface area contributed by atoms with Crippen molar-refractivity contribution in [3.05, 3.63) is 59.5 Å². The molecule has 0 fully saturated rings. The van der Waals surface area contributed by atoms with Crippen LogP contribution in [0.15, 0.2) is 42.6 Å². The molecule has 2 rings (SSSR count). The van der Waals surface area contributed by atoms with E-state index in [2.05, 4.69) is 16.4 Å². The third-order valence-electron chi connectivity index (χ3n) is 2.65. The molecule has 1 N–H and O–H groups in total. The van der Waals surface area contributed by atoms with Crippen LogP contribution in [-0.4, -0.2) is 4.98 Å². The number of nitrogens with zero attached hydrogens (tertiary/aromatic N) is 2. The van der Waals surface area contributed by atoms with E-state index in [1.807, 2.05) is 6.92 Å². The van der Waals surface area contributed by atoms with Crippen molar-refractivity contribution in [3.8, 4) is 6.07 Å².